The summed E-state index contributed by atoms with van der Waals surface area (Å²) >= 11 is 0. The van der Waals surface area contributed by atoms with E-state index < -0.39 is 11.9 Å². The van der Waals surface area contributed by atoms with Crippen molar-refractivity contribution < 1.29 is 32.2 Å². The number of esters is 1. The molecule has 0 atom stereocenters. The second kappa shape index (κ2) is 11.7. The fourth-order valence-electron chi connectivity index (χ4n) is 3.60. The molecule has 192 valence electrons. The van der Waals surface area contributed by atoms with Gasteiger partial charge in [0.05, 0.1) is 13.2 Å². The van der Waals surface area contributed by atoms with Crippen LogP contribution in [0, 0.1) is 0 Å². The minimum absolute atomic E-state index is 0.0783. The van der Waals surface area contributed by atoms with Crippen molar-refractivity contribution in [2.24, 2.45) is 0 Å². The van der Waals surface area contributed by atoms with Crippen LogP contribution in [0.4, 0.5) is 13.2 Å². The first-order valence-electron chi connectivity index (χ1n) is 11.8. The van der Waals surface area contributed by atoms with E-state index in [2.05, 4.69) is 9.97 Å². The second-order valence-electron chi connectivity index (χ2n) is 8.17. The number of alkyl halides is 3. The van der Waals surface area contributed by atoms with Gasteiger partial charge in [0, 0.05) is 18.1 Å². The van der Waals surface area contributed by atoms with Crippen LogP contribution < -0.4 is 9.47 Å². The minimum Gasteiger partial charge on any atom is -0.494 e. The number of carbonyl (C=O) groups is 1. The molecule has 0 fully saturated rings. The molecule has 0 aliphatic heterocycles. The third-order valence-electron chi connectivity index (χ3n) is 5.39. The first-order chi connectivity index (χ1) is 17.8. The number of halogens is 3. The molecule has 0 saturated heterocycles. The highest BCUT2D eigenvalue weighted by molar-refractivity contribution is 5.87. The predicted molar refractivity (Wildman–Crippen MR) is 132 cm³/mol. The molecular formula is C28H25F3N2O4. The molecule has 4 aromatic rings. The maximum absolute atomic E-state index is 13.5. The van der Waals surface area contributed by atoms with Gasteiger partial charge >= 0.3 is 12.1 Å². The Kier molecular flexibility index (Phi) is 8.22. The van der Waals surface area contributed by atoms with Crippen molar-refractivity contribution >= 4 is 16.7 Å². The molecule has 1 heterocycles. The van der Waals surface area contributed by atoms with Crippen molar-refractivity contribution in [2.45, 2.75) is 32.5 Å². The molecule has 0 saturated carbocycles. The summed E-state index contributed by atoms with van der Waals surface area (Å²) < 4.78 is 56.8. The van der Waals surface area contributed by atoms with Gasteiger partial charge in [0.15, 0.2) is 11.5 Å². The maximum atomic E-state index is 13.5. The molecule has 0 radical (unpaired) electrons. The van der Waals surface area contributed by atoms with Crippen LogP contribution >= 0.6 is 0 Å². The van der Waals surface area contributed by atoms with E-state index >= 15 is 0 Å². The van der Waals surface area contributed by atoms with Gasteiger partial charge in [-0.05, 0) is 47.9 Å². The van der Waals surface area contributed by atoms with Crippen LogP contribution in [0.15, 0.2) is 72.8 Å². The molecule has 0 aliphatic rings. The average Bonchev–Trinajstić information content (AvgIpc) is 2.89. The van der Waals surface area contributed by atoms with Gasteiger partial charge in [-0.2, -0.15) is 18.2 Å². The molecule has 0 aliphatic carbocycles. The Morgan fingerprint density at radius 1 is 0.892 bits per heavy atom. The summed E-state index contributed by atoms with van der Waals surface area (Å²) in [4.78, 5) is 19.4. The van der Waals surface area contributed by atoms with Crippen molar-refractivity contribution in [1.82, 2.24) is 9.97 Å². The Bertz CT molecular complexity index is 1360. The van der Waals surface area contributed by atoms with Crippen molar-refractivity contribution in [3.8, 4) is 23.0 Å². The Morgan fingerprint density at radius 3 is 2.41 bits per heavy atom. The van der Waals surface area contributed by atoms with Gasteiger partial charge in [-0.1, -0.05) is 48.5 Å². The third kappa shape index (κ3) is 7.19. The summed E-state index contributed by atoms with van der Waals surface area (Å²) in [6.45, 7) is 2.54. The number of hydrogen-bond acceptors (Lipinski definition) is 6. The van der Waals surface area contributed by atoms with Crippen molar-refractivity contribution in [3.05, 3.63) is 84.1 Å². The number of nitrogens with zero attached hydrogens (tertiary/aromatic N) is 2. The zero-order chi connectivity index (χ0) is 26.3. The van der Waals surface area contributed by atoms with Crippen LogP contribution in [0.25, 0.3) is 22.2 Å². The smallest absolute Gasteiger partial charge is 0.433 e. The Balaban J connectivity index is 1.52. The number of carbonyl (C=O) groups excluding carboxylic acids is 1. The molecule has 3 aromatic carbocycles. The number of rotatable bonds is 10. The van der Waals surface area contributed by atoms with Crippen LogP contribution in [0.1, 0.15) is 31.0 Å². The summed E-state index contributed by atoms with van der Waals surface area (Å²) in [5, 5.41) is 1.61. The molecule has 0 spiro atoms. The van der Waals surface area contributed by atoms with E-state index in [1.165, 1.54) is 0 Å². The van der Waals surface area contributed by atoms with Gasteiger partial charge < -0.3 is 14.2 Å². The van der Waals surface area contributed by atoms with Crippen LogP contribution in [-0.2, 0) is 22.3 Å². The maximum Gasteiger partial charge on any atom is 0.433 e. The summed E-state index contributed by atoms with van der Waals surface area (Å²) in [6.07, 6.45) is -3.85. The normalized spacial score (nSPS) is 11.4. The van der Waals surface area contributed by atoms with Gasteiger partial charge in [-0.15, -0.1) is 0 Å². The van der Waals surface area contributed by atoms with E-state index in [1.54, 1.807) is 37.3 Å². The summed E-state index contributed by atoms with van der Waals surface area (Å²) in [7, 11) is 0. The molecule has 6 nitrogen and oxygen atoms in total. The molecular weight excluding hydrogens is 485 g/mol. The highest BCUT2D eigenvalue weighted by Crippen LogP contribution is 2.33. The van der Waals surface area contributed by atoms with Crippen LogP contribution in [0.3, 0.4) is 0 Å². The molecule has 0 amide bonds. The van der Waals surface area contributed by atoms with E-state index in [1.807, 2.05) is 36.4 Å². The molecule has 4 rings (SSSR count). The van der Waals surface area contributed by atoms with Crippen molar-refractivity contribution in [3.63, 3.8) is 0 Å². The van der Waals surface area contributed by atoms with E-state index in [0.717, 1.165) is 22.4 Å². The van der Waals surface area contributed by atoms with E-state index in [4.69, 9.17) is 14.2 Å². The standard InChI is InChI=1S/C28H25F3N2O4/c1-2-35-26(34)9-6-14-36-23-13-12-20-15-22(11-10-21(20)16-23)27-32-24(28(29,30)31)17-25(33-27)37-18-19-7-4-3-5-8-19/h3-5,7-8,10-13,15-17H,2,6,9,14,18H2,1H3. The van der Waals surface area contributed by atoms with Gasteiger partial charge in [-0.3, -0.25) is 4.79 Å². The number of fused-ring (bicyclic) bond motifs is 1. The summed E-state index contributed by atoms with van der Waals surface area (Å²) in [5.41, 5.74) is 0.152. The monoisotopic (exact) mass is 510 g/mol. The quantitative estimate of drug-likeness (QED) is 0.176. The zero-order valence-corrected chi connectivity index (χ0v) is 20.1. The van der Waals surface area contributed by atoms with Crippen molar-refractivity contribution in [2.75, 3.05) is 13.2 Å². The Morgan fingerprint density at radius 2 is 1.65 bits per heavy atom. The third-order valence-corrected chi connectivity index (χ3v) is 5.39. The molecule has 0 unspecified atom stereocenters. The number of aromatic nitrogens is 2. The van der Waals surface area contributed by atoms with Crippen LogP contribution in [-0.4, -0.2) is 29.2 Å². The number of benzene rings is 3. The van der Waals surface area contributed by atoms with Crippen LogP contribution in [0.2, 0.25) is 0 Å². The fourth-order valence-corrected chi connectivity index (χ4v) is 3.60. The first-order valence-corrected chi connectivity index (χ1v) is 11.8. The molecule has 1 aromatic heterocycles. The molecule has 0 bridgehead atoms. The Labute approximate surface area is 212 Å². The lowest BCUT2D eigenvalue weighted by atomic mass is 10.1. The average molecular weight is 511 g/mol. The Hall–Kier alpha value is -4.14. The van der Waals surface area contributed by atoms with Crippen molar-refractivity contribution in [1.29, 1.82) is 0 Å². The second-order valence-corrected chi connectivity index (χ2v) is 8.17. The van der Waals surface area contributed by atoms with Gasteiger partial charge in [0.2, 0.25) is 5.88 Å². The molecule has 0 N–H and O–H groups in total. The van der Waals surface area contributed by atoms with E-state index in [-0.39, 0.29) is 30.7 Å². The number of ether oxygens (including phenoxy) is 3. The SMILES string of the molecule is CCOC(=O)CCCOc1ccc2cc(-c3nc(OCc4ccccc4)cc(C(F)(F)F)n3)ccc2c1. The zero-order valence-electron chi connectivity index (χ0n) is 20.1. The van der Waals surface area contributed by atoms with E-state index in [0.29, 0.717) is 30.9 Å². The highest BCUT2D eigenvalue weighted by Gasteiger charge is 2.34. The molecule has 37 heavy (non-hydrogen) atoms. The number of hydrogen-bond donors (Lipinski definition) is 0. The lowest BCUT2D eigenvalue weighted by Crippen LogP contribution is -2.11. The lowest BCUT2D eigenvalue weighted by molar-refractivity contribution is -0.143. The topological polar surface area (TPSA) is 70.5 Å². The lowest BCUT2D eigenvalue weighted by Gasteiger charge is -2.12. The van der Waals surface area contributed by atoms with Crippen LogP contribution in [0.5, 0.6) is 11.6 Å². The highest BCUT2D eigenvalue weighted by atomic mass is 19.4. The minimum atomic E-state index is -4.65. The largest absolute Gasteiger partial charge is 0.494 e. The summed E-state index contributed by atoms with van der Waals surface area (Å²) in [5.74, 6) is 0.116. The van der Waals surface area contributed by atoms with Gasteiger partial charge in [0.25, 0.3) is 0 Å². The molecule has 9 heteroatoms. The van der Waals surface area contributed by atoms with E-state index in [9.17, 15) is 18.0 Å². The first kappa shape index (κ1) is 25.9. The summed E-state index contributed by atoms with van der Waals surface area (Å²) in [6, 6.07) is 20.4. The van der Waals surface area contributed by atoms with Gasteiger partial charge in [-0.25, -0.2) is 4.98 Å². The fraction of sp³-hybridized carbons (Fsp3) is 0.250. The predicted octanol–water partition coefficient (Wildman–Crippen LogP) is 6.62. The van der Waals surface area contributed by atoms with Gasteiger partial charge in [0.1, 0.15) is 12.4 Å².